The molecular formula is C13H17N3O. The predicted octanol–water partition coefficient (Wildman–Crippen LogP) is 2.05. The first-order valence-electron chi connectivity index (χ1n) is 6.05. The van der Waals surface area contributed by atoms with E-state index in [4.69, 9.17) is 10.5 Å². The lowest BCUT2D eigenvalue weighted by molar-refractivity contribution is 0.0846. The number of aryl methyl sites for hydroxylation is 1. The molecule has 0 amide bonds. The van der Waals surface area contributed by atoms with Gasteiger partial charge >= 0.3 is 0 Å². The van der Waals surface area contributed by atoms with Gasteiger partial charge in [0.2, 0.25) is 0 Å². The molecule has 3 rings (SSSR count). The number of benzene rings is 1. The number of hydrogen-bond acceptors (Lipinski definition) is 3. The van der Waals surface area contributed by atoms with Gasteiger partial charge in [0.15, 0.2) is 0 Å². The maximum atomic E-state index is 5.87. The maximum Gasteiger partial charge on any atom is 0.0736 e. The van der Waals surface area contributed by atoms with Crippen molar-refractivity contribution in [1.29, 1.82) is 0 Å². The quantitative estimate of drug-likeness (QED) is 0.764. The van der Waals surface area contributed by atoms with Gasteiger partial charge in [0, 0.05) is 37.3 Å². The average Bonchev–Trinajstić information content (AvgIpc) is 2.67. The van der Waals surface area contributed by atoms with Crippen LogP contribution < -0.4 is 5.73 Å². The number of nitrogens with zero attached hydrogens (tertiary/aromatic N) is 2. The number of fused-ring (bicyclic) bond motifs is 1. The zero-order chi connectivity index (χ0) is 11.8. The summed E-state index contributed by atoms with van der Waals surface area (Å²) >= 11 is 0. The van der Waals surface area contributed by atoms with E-state index in [-0.39, 0.29) is 0 Å². The van der Waals surface area contributed by atoms with E-state index in [9.17, 15) is 0 Å². The standard InChI is InChI=1S/C13H17N3O/c1-16-12-3-2-10(14)8-11(12)13(15-16)9-4-6-17-7-5-9/h2-3,8-9H,4-7,14H2,1H3. The fourth-order valence-electron chi connectivity index (χ4n) is 2.58. The van der Waals surface area contributed by atoms with E-state index in [0.717, 1.165) is 37.3 Å². The van der Waals surface area contributed by atoms with Crippen LogP contribution in [0.25, 0.3) is 10.9 Å². The molecule has 90 valence electrons. The predicted molar refractivity (Wildman–Crippen MR) is 67.9 cm³/mol. The topological polar surface area (TPSA) is 53.1 Å². The lowest BCUT2D eigenvalue weighted by atomic mass is 9.94. The summed E-state index contributed by atoms with van der Waals surface area (Å²) < 4.78 is 7.35. The van der Waals surface area contributed by atoms with E-state index in [1.807, 2.05) is 29.9 Å². The lowest BCUT2D eigenvalue weighted by Crippen LogP contribution is -2.14. The van der Waals surface area contributed by atoms with Crippen LogP contribution in [0.1, 0.15) is 24.5 Å². The SMILES string of the molecule is Cn1nc(C2CCOCC2)c2cc(N)ccc21. The van der Waals surface area contributed by atoms with Gasteiger partial charge in [-0.15, -0.1) is 0 Å². The molecule has 1 fully saturated rings. The van der Waals surface area contributed by atoms with Crippen molar-refractivity contribution in [2.24, 2.45) is 7.05 Å². The fourth-order valence-corrected chi connectivity index (χ4v) is 2.58. The molecule has 1 aromatic heterocycles. The van der Waals surface area contributed by atoms with Crippen molar-refractivity contribution >= 4 is 16.6 Å². The maximum absolute atomic E-state index is 5.87. The Bertz CT molecular complexity index is 541. The molecule has 4 heteroatoms. The molecule has 0 aliphatic carbocycles. The third kappa shape index (κ3) is 1.78. The Morgan fingerprint density at radius 1 is 1.35 bits per heavy atom. The molecule has 0 unspecified atom stereocenters. The number of aromatic nitrogens is 2. The first-order valence-corrected chi connectivity index (χ1v) is 6.05. The van der Waals surface area contributed by atoms with Crippen molar-refractivity contribution in [3.63, 3.8) is 0 Å². The largest absolute Gasteiger partial charge is 0.399 e. The molecule has 2 aromatic rings. The molecule has 1 aliphatic heterocycles. The Morgan fingerprint density at radius 3 is 2.88 bits per heavy atom. The molecule has 0 atom stereocenters. The number of hydrogen-bond donors (Lipinski definition) is 1. The van der Waals surface area contributed by atoms with Crippen molar-refractivity contribution in [2.75, 3.05) is 18.9 Å². The molecule has 0 spiro atoms. The molecule has 4 nitrogen and oxygen atoms in total. The molecule has 1 aromatic carbocycles. The highest BCUT2D eigenvalue weighted by Gasteiger charge is 2.21. The van der Waals surface area contributed by atoms with Gasteiger partial charge in [0.05, 0.1) is 11.2 Å². The summed E-state index contributed by atoms with van der Waals surface area (Å²) in [5, 5.41) is 5.85. The fraction of sp³-hybridized carbons (Fsp3) is 0.462. The van der Waals surface area contributed by atoms with Gasteiger partial charge in [-0.25, -0.2) is 0 Å². The van der Waals surface area contributed by atoms with Crippen LogP contribution in [0.4, 0.5) is 5.69 Å². The summed E-state index contributed by atoms with van der Waals surface area (Å²) in [4.78, 5) is 0. The minimum atomic E-state index is 0.509. The Labute approximate surface area is 100 Å². The Morgan fingerprint density at radius 2 is 2.12 bits per heavy atom. The zero-order valence-corrected chi connectivity index (χ0v) is 10.0. The van der Waals surface area contributed by atoms with Crippen LogP contribution in [0.3, 0.4) is 0 Å². The van der Waals surface area contributed by atoms with Crippen LogP contribution in [0.15, 0.2) is 18.2 Å². The first kappa shape index (κ1) is 10.6. The van der Waals surface area contributed by atoms with E-state index >= 15 is 0 Å². The van der Waals surface area contributed by atoms with Crippen molar-refractivity contribution in [3.05, 3.63) is 23.9 Å². The summed E-state index contributed by atoms with van der Waals surface area (Å²) in [7, 11) is 1.99. The first-order chi connectivity index (χ1) is 8.25. The zero-order valence-electron chi connectivity index (χ0n) is 10.0. The van der Waals surface area contributed by atoms with Gasteiger partial charge in [0.25, 0.3) is 0 Å². The molecular weight excluding hydrogens is 214 g/mol. The number of ether oxygens (including phenoxy) is 1. The van der Waals surface area contributed by atoms with Crippen LogP contribution in [0, 0.1) is 0 Å². The summed E-state index contributed by atoms with van der Waals surface area (Å²) in [6.07, 6.45) is 2.11. The van der Waals surface area contributed by atoms with Crippen molar-refractivity contribution in [3.8, 4) is 0 Å². The lowest BCUT2D eigenvalue weighted by Gasteiger charge is -2.20. The van der Waals surface area contributed by atoms with Crippen molar-refractivity contribution in [1.82, 2.24) is 9.78 Å². The third-order valence-electron chi connectivity index (χ3n) is 3.51. The Balaban J connectivity index is 2.11. The highest BCUT2D eigenvalue weighted by atomic mass is 16.5. The van der Waals surface area contributed by atoms with E-state index in [0.29, 0.717) is 5.92 Å². The van der Waals surface area contributed by atoms with E-state index in [1.165, 1.54) is 11.1 Å². The molecule has 1 saturated heterocycles. The number of nitrogen functional groups attached to an aromatic ring is 1. The Hall–Kier alpha value is -1.55. The Kier molecular flexibility index (Phi) is 2.52. The molecule has 2 N–H and O–H groups in total. The van der Waals surface area contributed by atoms with Crippen molar-refractivity contribution < 1.29 is 4.74 Å². The second kappa shape index (κ2) is 4.04. The van der Waals surface area contributed by atoms with Gasteiger partial charge in [-0.2, -0.15) is 5.10 Å². The monoisotopic (exact) mass is 231 g/mol. The van der Waals surface area contributed by atoms with E-state index < -0.39 is 0 Å². The van der Waals surface area contributed by atoms with Crippen LogP contribution in [-0.2, 0) is 11.8 Å². The minimum Gasteiger partial charge on any atom is -0.399 e. The second-order valence-electron chi connectivity index (χ2n) is 4.67. The van der Waals surface area contributed by atoms with Gasteiger partial charge in [-0.1, -0.05) is 0 Å². The number of nitrogens with two attached hydrogens (primary N) is 1. The van der Waals surface area contributed by atoms with Gasteiger partial charge in [-0.05, 0) is 31.0 Å². The van der Waals surface area contributed by atoms with E-state index in [2.05, 4.69) is 5.10 Å². The smallest absolute Gasteiger partial charge is 0.0736 e. The normalized spacial score (nSPS) is 17.7. The van der Waals surface area contributed by atoms with Gasteiger partial charge in [-0.3, -0.25) is 4.68 Å². The average molecular weight is 231 g/mol. The number of anilines is 1. The van der Waals surface area contributed by atoms with Crippen LogP contribution in [-0.4, -0.2) is 23.0 Å². The van der Waals surface area contributed by atoms with Crippen LogP contribution in [0.5, 0.6) is 0 Å². The highest BCUT2D eigenvalue weighted by Crippen LogP contribution is 2.32. The second-order valence-corrected chi connectivity index (χ2v) is 4.67. The van der Waals surface area contributed by atoms with Crippen LogP contribution in [0.2, 0.25) is 0 Å². The molecule has 0 bridgehead atoms. The van der Waals surface area contributed by atoms with Crippen molar-refractivity contribution in [2.45, 2.75) is 18.8 Å². The summed E-state index contributed by atoms with van der Waals surface area (Å²) in [6.45, 7) is 1.68. The van der Waals surface area contributed by atoms with Crippen LogP contribution >= 0.6 is 0 Å². The highest BCUT2D eigenvalue weighted by molar-refractivity contribution is 5.85. The van der Waals surface area contributed by atoms with Gasteiger partial charge in [0.1, 0.15) is 0 Å². The number of rotatable bonds is 1. The summed E-state index contributed by atoms with van der Waals surface area (Å²) in [5.74, 6) is 0.509. The molecule has 1 aliphatic rings. The van der Waals surface area contributed by atoms with E-state index in [1.54, 1.807) is 0 Å². The summed E-state index contributed by atoms with van der Waals surface area (Å²) in [6, 6.07) is 6.01. The molecule has 17 heavy (non-hydrogen) atoms. The van der Waals surface area contributed by atoms with Gasteiger partial charge < -0.3 is 10.5 Å². The minimum absolute atomic E-state index is 0.509. The molecule has 0 saturated carbocycles. The summed E-state index contributed by atoms with van der Waals surface area (Å²) in [5.41, 5.74) is 9.01. The molecule has 0 radical (unpaired) electrons. The molecule has 2 heterocycles. The third-order valence-corrected chi connectivity index (χ3v) is 3.51.